The smallest absolute Gasteiger partial charge is 0.330 e. The SMILES string of the molecule is CCCCn1c(N)c(N(CC(=O)c2c[nH]c(C(=O)N3CCCC3)c2)Cc2ccccc2)c(=O)[nH]c1=O. The quantitative estimate of drug-likeness (QED) is 0.372. The zero-order chi connectivity index (χ0) is 25.7. The fourth-order valence-corrected chi connectivity index (χ4v) is 4.47. The lowest BCUT2D eigenvalue weighted by molar-refractivity contribution is 0.0787. The Hall–Kier alpha value is -4.08. The number of rotatable bonds is 10. The Kier molecular flexibility index (Phi) is 7.72. The first kappa shape index (κ1) is 25.0. The minimum absolute atomic E-state index is 0.0277. The number of nitrogens with one attached hydrogen (secondary N) is 2. The number of carbonyl (C=O) groups excluding carboxylic acids is 2. The van der Waals surface area contributed by atoms with E-state index >= 15 is 0 Å². The lowest BCUT2D eigenvalue weighted by atomic mass is 10.1. The summed E-state index contributed by atoms with van der Waals surface area (Å²) in [6, 6.07) is 10.9. The standard InChI is InChI=1S/C26H32N6O4/c1-2-3-13-32-23(27)22(24(34)29-26(32)36)31(16-18-9-5-4-6-10-18)17-21(33)19-14-20(28-15-19)25(35)30-11-7-8-12-30/h4-6,9-10,14-15,28H,2-3,7-8,11-13,16-17,27H2,1H3,(H,29,34,36). The lowest BCUT2D eigenvalue weighted by Crippen LogP contribution is -2.40. The van der Waals surface area contributed by atoms with E-state index in [-0.39, 0.29) is 36.3 Å². The predicted octanol–water partition coefficient (Wildman–Crippen LogP) is 2.37. The van der Waals surface area contributed by atoms with Gasteiger partial charge >= 0.3 is 5.69 Å². The fraction of sp³-hybridized carbons (Fsp3) is 0.385. The van der Waals surface area contributed by atoms with Gasteiger partial charge in [-0.15, -0.1) is 0 Å². The van der Waals surface area contributed by atoms with Crippen molar-refractivity contribution in [1.29, 1.82) is 0 Å². The highest BCUT2D eigenvalue weighted by molar-refractivity contribution is 6.02. The number of hydrogen-bond acceptors (Lipinski definition) is 6. The number of hydrogen-bond donors (Lipinski definition) is 3. The summed E-state index contributed by atoms with van der Waals surface area (Å²) in [5.41, 5.74) is 6.77. The molecule has 190 valence electrons. The maximum absolute atomic E-state index is 13.3. The third-order valence-corrected chi connectivity index (χ3v) is 6.45. The van der Waals surface area contributed by atoms with Gasteiger partial charge in [0, 0.05) is 37.9 Å². The molecule has 0 aliphatic carbocycles. The van der Waals surface area contributed by atoms with Gasteiger partial charge in [0.05, 0.1) is 6.54 Å². The Morgan fingerprint density at radius 2 is 1.83 bits per heavy atom. The molecule has 0 radical (unpaired) electrons. The molecule has 0 bridgehead atoms. The van der Waals surface area contributed by atoms with Crippen LogP contribution in [0, 0.1) is 0 Å². The lowest BCUT2D eigenvalue weighted by Gasteiger charge is -2.25. The summed E-state index contributed by atoms with van der Waals surface area (Å²) in [6.07, 6.45) is 5.02. The average molecular weight is 493 g/mol. The van der Waals surface area contributed by atoms with E-state index in [0.717, 1.165) is 24.8 Å². The van der Waals surface area contributed by atoms with Crippen LogP contribution in [0.25, 0.3) is 0 Å². The van der Waals surface area contributed by atoms with Gasteiger partial charge in [-0.05, 0) is 30.9 Å². The second kappa shape index (κ2) is 11.1. The predicted molar refractivity (Wildman–Crippen MR) is 138 cm³/mol. The number of carbonyl (C=O) groups is 2. The third kappa shape index (κ3) is 5.42. The summed E-state index contributed by atoms with van der Waals surface area (Å²) < 4.78 is 1.34. The molecule has 0 spiro atoms. The van der Waals surface area contributed by atoms with Gasteiger partial charge in [-0.25, -0.2) is 4.79 Å². The normalized spacial score (nSPS) is 13.2. The van der Waals surface area contributed by atoms with Gasteiger partial charge in [0.15, 0.2) is 5.78 Å². The summed E-state index contributed by atoms with van der Waals surface area (Å²) in [6.45, 7) is 3.84. The van der Waals surface area contributed by atoms with Gasteiger partial charge in [0.2, 0.25) is 0 Å². The first-order valence-corrected chi connectivity index (χ1v) is 12.3. The molecule has 1 aliphatic heterocycles. The van der Waals surface area contributed by atoms with E-state index in [0.29, 0.717) is 37.3 Å². The van der Waals surface area contributed by atoms with Crippen molar-refractivity contribution < 1.29 is 9.59 Å². The molecule has 1 saturated heterocycles. The van der Waals surface area contributed by atoms with Crippen LogP contribution in [0.2, 0.25) is 0 Å². The van der Waals surface area contributed by atoms with E-state index in [2.05, 4.69) is 9.97 Å². The van der Waals surface area contributed by atoms with Crippen molar-refractivity contribution in [2.24, 2.45) is 0 Å². The van der Waals surface area contributed by atoms with Crippen LogP contribution >= 0.6 is 0 Å². The maximum atomic E-state index is 13.3. The molecule has 0 unspecified atom stereocenters. The molecule has 1 aliphatic rings. The molecular weight excluding hydrogens is 460 g/mol. The Labute approximate surface area is 208 Å². The van der Waals surface area contributed by atoms with Crippen molar-refractivity contribution in [3.63, 3.8) is 0 Å². The van der Waals surface area contributed by atoms with Crippen LogP contribution in [-0.2, 0) is 13.1 Å². The van der Waals surface area contributed by atoms with E-state index in [1.807, 2.05) is 37.3 Å². The second-order valence-corrected chi connectivity index (χ2v) is 9.06. The topological polar surface area (TPSA) is 137 Å². The average Bonchev–Trinajstić information content (AvgIpc) is 3.57. The van der Waals surface area contributed by atoms with Crippen LogP contribution in [0.5, 0.6) is 0 Å². The minimum atomic E-state index is -0.645. The number of likely N-dealkylation sites (tertiary alicyclic amines) is 1. The van der Waals surface area contributed by atoms with Crippen molar-refractivity contribution in [3.8, 4) is 0 Å². The zero-order valence-corrected chi connectivity index (χ0v) is 20.5. The molecule has 1 aromatic carbocycles. The summed E-state index contributed by atoms with van der Waals surface area (Å²) in [5.74, 6) is -0.385. The molecule has 10 nitrogen and oxygen atoms in total. The van der Waals surface area contributed by atoms with Gasteiger partial charge in [0.1, 0.15) is 17.2 Å². The number of anilines is 2. The molecule has 3 heterocycles. The molecule has 2 aromatic heterocycles. The summed E-state index contributed by atoms with van der Waals surface area (Å²) >= 11 is 0. The van der Waals surface area contributed by atoms with Crippen LogP contribution in [0.4, 0.5) is 11.5 Å². The Morgan fingerprint density at radius 3 is 2.53 bits per heavy atom. The number of aromatic amines is 2. The van der Waals surface area contributed by atoms with Crippen molar-refractivity contribution in [2.45, 2.75) is 45.7 Å². The molecule has 36 heavy (non-hydrogen) atoms. The van der Waals surface area contributed by atoms with Crippen LogP contribution in [0.3, 0.4) is 0 Å². The maximum Gasteiger partial charge on any atom is 0.330 e. The summed E-state index contributed by atoms with van der Waals surface area (Å²) in [7, 11) is 0. The van der Waals surface area contributed by atoms with Crippen molar-refractivity contribution in [3.05, 3.63) is 80.3 Å². The molecule has 10 heteroatoms. The van der Waals surface area contributed by atoms with E-state index < -0.39 is 11.2 Å². The summed E-state index contributed by atoms with van der Waals surface area (Å²) in [5, 5.41) is 0. The van der Waals surface area contributed by atoms with Crippen LogP contribution in [0.15, 0.2) is 52.2 Å². The van der Waals surface area contributed by atoms with Crippen LogP contribution < -0.4 is 21.9 Å². The van der Waals surface area contributed by atoms with E-state index in [1.165, 1.54) is 10.8 Å². The third-order valence-electron chi connectivity index (χ3n) is 6.45. The molecule has 3 aromatic rings. The molecule has 4 N–H and O–H groups in total. The zero-order valence-electron chi connectivity index (χ0n) is 20.5. The molecule has 0 atom stereocenters. The number of nitrogens with zero attached hydrogens (tertiary/aromatic N) is 3. The van der Waals surface area contributed by atoms with E-state index in [9.17, 15) is 19.2 Å². The number of benzene rings is 1. The van der Waals surface area contributed by atoms with Crippen LogP contribution in [0.1, 0.15) is 59.0 Å². The molecular formula is C26H32N6O4. The van der Waals surface area contributed by atoms with Gasteiger partial charge in [-0.2, -0.15) is 0 Å². The van der Waals surface area contributed by atoms with Crippen molar-refractivity contribution >= 4 is 23.2 Å². The van der Waals surface area contributed by atoms with Crippen LogP contribution in [-0.4, -0.2) is 50.8 Å². The number of nitrogens with two attached hydrogens (primary N) is 1. The van der Waals surface area contributed by atoms with Gasteiger partial charge in [0.25, 0.3) is 11.5 Å². The number of nitrogen functional groups attached to an aromatic ring is 1. The Balaban J connectivity index is 1.65. The highest BCUT2D eigenvalue weighted by Gasteiger charge is 2.25. The molecule has 0 saturated carbocycles. The molecule has 1 amide bonds. The number of ketones is 1. The van der Waals surface area contributed by atoms with Gasteiger partial charge in [-0.1, -0.05) is 43.7 Å². The molecule has 4 rings (SSSR count). The number of Topliss-reactive ketones (excluding diaryl/α,β-unsaturated/α-hetero) is 1. The fourth-order valence-electron chi connectivity index (χ4n) is 4.47. The highest BCUT2D eigenvalue weighted by Crippen LogP contribution is 2.21. The number of unbranched alkanes of at least 4 members (excludes halogenated alkanes) is 1. The number of amides is 1. The monoisotopic (exact) mass is 492 g/mol. The van der Waals surface area contributed by atoms with Gasteiger partial charge < -0.3 is 20.5 Å². The van der Waals surface area contributed by atoms with Gasteiger partial charge in [-0.3, -0.25) is 23.9 Å². The first-order chi connectivity index (χ1) is 17.4. The van der Waals surface area contributed by atoms with E-state index in [1.54, 1.807) is 15.9 Å². The van der Waals surface area contributed by atoms with Crippen molar-refractivity contribution in [2.75, 3.05) is 30.3 Å². The van der Waals surface area contributed by atoms with E-state index in [4.69, 9.17) is 5.73 Å². The highest BCUT2D eigenvalue weighted by atomic mass is 16.2. The number of H-pyrrole nitrogens is 2. The van der Waals surface area contributed by atoms with Crippen molar-refractivity contribution in [1.82, 2.24) is 19.4 Å². The first-order valence-electron chi connectivity index (χ1n) is 12.3. The molecule has 1 fully saturated rings. The largest absolute Gasteiger partial charge is 0.383 e. The second-order valence-electron chi connectivity index (χ2n) is 9.06. The minimum Gasteiger partial charge on any atom is -0.383 e. The summed E-state index contributed by atoms with van der Waals surface area (Å²) in [4.78, 5) is 60.0. The number of aromatic nitrogens is 3. The Bertz CT molecular complexity index is 1330. The Morgan fingerprint density at radius 1 is 1.11 bits per heavy atom.